The number of allylic oxidation sites excluding steroid dienone is 4. The van der Waals surface area contributed by atoms with E-state index in [0.717, 1.165) is 12.3 Å². The van der Waals surface area contributed by atoms with Crippen LogP contribution in [0.15, 0.2) is 65.0 Å². The SMILES string of the molecule is C=C/C(=C\C=C/C)N=Nc1cc(CC2CCCCCCC2)ccc1O. The maximum absolute atomic E-state index is 10.1. The number of hydrogen-bond acceptors (Lipinski definition) is 3. The van der Waals surface area contributed by atoms with Gasteiger partial charge in [-0.2, -0.15) is 5.11 Å². The molecule has 0 unspecified atom stereocenters. The molecule has 3 heteroatoms. The Labute approximate surface area is 151 Å². The summed E-state index contributed by atoms with van der Waals surface area (Å²) in [5.41, 5.74) is 2.43. The molecule has 1 aliphatic carbocycles. The lowest BCUT2D eigenvalue weighted by atomic mass is 9.86. The maximum atomic E-state index is 10.1. The molecular formula is C22H30N2O. The van der Waals surface area contributed by atoms with E-state index in [1.165, 1.54) is 50.5 Å². The number of phenolic OH excluding ortho intramolecular Hbond substituents is 1. The average molecular weight is 338 g/mol. The van der Waals surface area contributed by atoms with E-state index in [2.05, 4.69) is 16.8 Å². The molecule has 0 spiro atoms. The summed E-state index contributed by atoms with van der Waals surface area (Å²) < 4.78 is 0. The number of azo groups is 1. The van der Waals surface area contributed by atoms with Gasteiger partial charge in [-0.3, -0.25) is 0 Å². The summed E-state index contributed by atoms with van der Waals surface area (Å²) in [5, 5.41) is 18.5. The summed E-state index contributed by atoms with van der Waals surface area (Å²) in [6.07, 6.45) is 17.8. The second-order valence-electron chi connectivity index (χ2n) is 6.76. The third-order valence-corrected chi connectivity index (χ3v) is 4.73. The van der Waals surface area contributed by atoms with E-state index in [1.54, 1.807) is 12.1 Å². The Balaban J connectivity index is 2.09. The zero-order valence-electron chi connectivity index (χ0n) is 15.3. The summed E-state index contributed by atoms with van der Waals surface area (Å²) in [6, 6.07) is 5.71. The molecule has 1 aliphatic rings. The van der Waals surface area contributed by atoms with Crippen molar-refractivity contribution in [1.29, 1.82) is 0 Å². The normalized spacial score (nSPS) is 17.7. The zero-order chi connectivity index (χ0) is 17.9. The van der Waals surface area contributed by atoms with Crippen molar-refractivity contribution in [2.45, 2.75) is 58.3 Å². The van der Waals surface area contributed by atoms with Crippen LogP contribution in [0.4, 0.5) is 5.69 Å². The van der Waals surface area contributed by atoms with Crippen molar-refractivity contribution in [3.63, 3.8) is 0 Å². The van der Waals surface area contributed by atoms with Crippen LogP contribution in [-0.2, 0) is 6.42 Å². The minimum atomic E-state index is 0.166. The minimum Gasteiger partial charge on any atom is -0.506 e. The second kappa shape index (κ2) is 10.7. The van der Waals surface area contributed by atoms with Gasteiger partial charge in [0, 0.05) is 0 Å². The molecule has 134 valence electrons. The summed E-state index contributed by atoms with van der Waals surface area (Å²) in [7, 11) is 0. The summed E-state index contributed by atoms with van der Waals surface area (Å²) in [6.45, 7) is 5.69. The van der Waals surface area contributed by atoms with Crippen LogP contribution < -0.4 is 0 Å². The standard InChI is InChI=1S/C22H30N2O/c1-3-5-13-20(4-2)23-24-21-17-19(14-15-22(21)25)16-18-11-9-7-6-8-10-12-18/h3-5,13-15,17-18,25H,2,6-12,16H2,1H3/b5-3-,20-13+,24-23?. The van der Waals surface area contributed by atoms with E-state index in [9.17, 15) is 5.11 Å². The Morgan fingerprint density at radius 1 is 1.20 bits per heavy atom. The maximum Gasteiger partial charge on any atom is 0.143 e. The second-order valence-corrected chi connectivity index (χ2v) is 6.76. The quantitative estimate of drug-likeness (QED) is 0.439. The van der Waals surface area contributed by atoms with E-state index in [4.69, 9.17) is 0 Å². The monoisotopic (exact) mass is 338 g/mol. The molecule has 0 amide bonds. The van der Waals surface area contributed by atoms with Crippen molar-refractivity contribution in [1.82, 2.24) is 0 Å². The van der Waals surface area contributed by atoms with Crippen molar-refractivity contribution >= 4 is 5.69 Å². The van der Waals surface area contributed by atoms with Gasteiger partial charge in [-0.15, -0.1) is 5.11 Å². The number of phenols is 1. The van der Waals surface area contributed by atoms with E-state index < -0.39 is 0 Å². The van der Waals surface area contributed by atoms with Crippen molar-refractivity contribution in [2.75, 3.05) is 0 Å². The van der Waals surface area contributed by atoms with Crippen LogP contribution in [0.25, 0.3) is 0 Å². The Morgan fingerprint density at radius 2 is 1.92 bits per heavy atom. The minimum absolute atomic E-state index is 0.166. The van der Waals surface area contributed by atoms with Crippen LogP contribution in [0.5, 0.6) is 5.75 Å². The van der Waals surface area contributed by atoms with Crippen molar-refractivity contribution in [3.8, 4) is 5.75 Å². The molecule has 2 rings (SSSR count). The molecule has 1 aromatic rings. The summed E-state index contributed by atoms with van der Waals surface area (Å²) >= 11 is 0. The lowest BCUT2D eigenvalue weighted by Crippen LogP contribution is -2.07. The van der Waals surface area contributed by atoms with Crippen LogP contribution in [0.1, 0.15) is 57.4 Å². The molecule has 0 heterocycles. The Morgan fingerprint density at radius 3 is 2.60 bits per heavy atom. The summed E-state index contributed by atoms with van der Waals surface area (Å²) in [4.78, 5) is 0. The molecule has 1 aromatic carbocycles. The average Bonchev–Trinajstić information content (AvgIpc) is 2.59. The van der Waals surface area contributed by atoms with Gasteiger partial charge in [0.1, 0.15) is 11.4 Å². The fourth-order valence-corrected chi connectivity index (χ4v) is 3.30. The molecule has 1 saturated carbocycles. The van der Waals surface area contributed by atoms with Crippen LogP contribution in [0.3, 0.4) is 0 Å². The lowest BCUT2D eigenvalue weighted by molar-refractivity contribution is 0.376. The molecular weight excluding hydrogens is 308 g/mol. The highest BCUT2D eigenvalue weighted by Crippen LogP contribution is 2.31. The molecule has 0 atom stereocenters. The molecule has 3 nitrogen and oxygen atoms in total. The molecule has 1 fully saturated rings. The topological polar surface area (TPSA) is 45.0 Å². The third-order valence-electron chi connectivity index (χ3n) is 4.73. The zero-order valence-corrected chi connectivity index (χ0v) is 15.3. The smallest absolute Gasteiger partial charge is 0.143 e. The van der Waals surface area contributed by atoms with Gasteiger partial charge in [-0.1, -0.05) is 69.7 Å². The van der Waals surface area contributed by atoms with Crippen molar-refractivity contribution < 1.29 is 5.11 Å². The lowest BCUT2D eigenvalue weighted by Gasteiger charge is -2.19. The first-order chi connectivity index (χ1) is 12.2. The first-order valence-electron chi connectivity index (χ1n) is 9.42. The van der Waals surface area contributed by atoms with Crippen LogP contribution >= 0.6 is 0 Å². The first kappa shape index (κ1) is 19.2. The van der Waals surface area contributed by atoms with Gasteiger partial charge in [0.15, 0.2) is 0 Å². The Bertz CT molecular complexity index is 635. The third kappa shape index (κ3) is 6.69. The van der Waals surface area contributed by atoms with Gasteiger partial charge in [-0.05, 0) is 49.1 Å². The van der Waals surface area contributed by atoms with Gasteiger partial charge < -0.3 is 5.11 Å². The van der Waals surface area contributed by atoms with E-state index in [1.807, 2.05) is 37.3 Å². The van der Waals surface area contributed by atoms with Gasteiger partial charge >= 0.3 is 0 Å². The van der Waals surface area contributed by atoms with E-state index in [-0.39, 0.29) is 5.75 Å². The van der Waals surface area contributed by atoms with Crippen LogP contribution in [0.2, 0.25) is 0 Å². The summed E-state index contributed by atoms with van der Waals surface area (Å²) in [5.74, 6) is 0.910. The van der Waals surface area contributed by atoms with Gasteiger partial charge in [-0.25, -0.2) is 0 Å². The first-order valence-corrected chi connectivity index (χ1v) is 9.42. The fraction of sp³-hybridized carbons (Fsp3) is 0.455. The van der Waals surface area contributed by atoms with Gasteiger partial charge in [0.2, 0.25) is 0 Å². The molecule has 0 saturated heterocycles. The number of aromatic hydroxyl groups is 1. The number of benzene rings is 1. The highest BCUT2D eigenvalue weighted by atomic mass is 16.3. The predicted octanol–water partition coefficient (Wildman–Crippen LogP) is 7.02. The van der Waals surface area contributed by atoms with E-state index in [0.29, 0.717) is 11.4 Å². The Kier molecular flexibility index (Phi) is 8.17. The molecule has 25 heavy (non-hydrogen) atoms. The van der Waals surface area contributed by atoms with Crippen LogP contribution in [0, 0.1) is 5.92 Å². The number of nitrogens with zero attached hydrogens (tertiary/aromatic N) is 2. The molecule has 0 radical (unpaired) electrons. The van der Waals surface area contributed by atoms with Gasteiger partial charge in [0.25, 0.3) is 0 Å². The molecule has 0 aromatic heterocycles. The molecule has 1 N–H and O–H groups in total. The fourth-order valence-electron chi connectivity index (χ4n) is 3.30. The predicted molar refractivity (Wildman–Crippen MR) is 105 cm³/mol. The largest absolute Gasteiger partial charge is 0.506 e. The van der Waals surface area contributed by atoms with Crippen molar-refractivity contribution in [2.24, 2.45) is 16.1 Å². The number of hydrogen-bond donors (Lipinski definition) is 1. The highest BCUT2D eigenvalue weighted by molar-refractivity contribution is 5.52. The molecule has 0 aliphatic heterocycles. The Hall–Kier alpha value is -2.16. The van der Waals surface area contributed by atoms with Gasteiger partial charge in [0.05, 0.1) is 5.70 Å². The molecule has 0 bridgehead atoms. The highest BCUT2D eigenvalue weighted by Gasteiger charge is 2.13. The number of rotatable bonds is 6. The van der Waals surface area contributed by atoms with Crippen molar-refractivity contribution in [3.05, 3.63) is 60.3 Å². The van der Waals surface area contributed by atoms with Crippen LogP contribution in [-0.4, -0.2) is 5.11 Å². The van der Waals surface area contributed by atoms with E-state index >= 15 is 0 Å².